The Balaban J connectivity index is 1.74. The molecule has 2 aromatic heterocycles. The molecule has 0 aliphatic carbocycles. The molecular weight excluding hydrogens is 353 g/mol. The van der Waals surface area contributed by atoms with Gasteiger partial charge in [-0.3, -0.25) is 9.78 Å². The van der Waals surface area contributed by atoms with Crippen LogP contribution in [-0.2, 0) is 0 Å². The molecule has 0 radical (unpaired) electrons. The normalized spacial score (nSPS) is 11.9. The lowest BCUT2D eigenvalue weighted by molar-refractivity contribution is 0.0941. The number of benzene rings is 2. The number of hydrogen-bond acceptors (Lipinski definition) is 3. The number of pyridine rings is 2. The molecule has 0 spiro atoms. The van der Waals surface area contributed by atoms with Crippen LogP contribution in [0.3, 0.4) is 0 Å². The van der Waals surface area contributed by atoms with Crippen molar-refractivity contribution >= 4 is 16.8 Å². The molecular formula is C23H18FN3O. The van der Waals surface area contributed by atoms with E-state index >= 15 is 0 Å². The Morgan fingerprint density at radius 1 is 1.04 bits per heavy atom. The highest BCUT2D eigenvalue weighted by Gasteiger charge is 2.16. The number of hydrogen-bond donors (Lipinski definition) is 1. The Morgan fingerprint density at radius 3 is 2.57 bits per heavy atom. The second-order valence-electron chi connectivity index (χ2n) is 6.56. The zero-order valence-corrected chi connectivity index (χ0v) is 15.3. The Hall–Kier alpha value is -3.60. The van der Waals surface area contributed by atoms with E-state index in [1.807, 2.05) is 43.3 Å². The van der Waals surface area contributed by atoms with Gasteiger partial charge in [-0.25, -0.2) is 9.37 Å². The minimum Gasteiger partial charge on any atom is -0.345 e. The van der Waals surface area contributed by atoms with Crippen molar-refractivity contribution in [2.75, 3.05) is 0 Å². The first-order valence-corrected chi connectivity index (χ1v) is 8.98. The van der Waals surface area contributed by atoms with Crippen LogP contribution in [0.5, 0.6) is 0 Å². The number of nitrogens with zero attached hydrogens (tertiary/aromatic N) is 2. The molecule has 2 heterocycles. The number of carbonyl (C=O) groups excluding carboxylic acids is 1. The molecule has 5 heteroatoms. The first-order valence-electron chi connectivity index (χ1n) is 8.98. The number of rotatable bonds is 4. The van der Waals surface area contributed by atoms with Crippen LogP contribution in [0.15, 0.2) is 79.1 Å². The number of amides is 1. The second kappa shape index (κ2) is 7.56. The molecule has 138 valence electrons. The molecule has 1 atom stereocenters. The Kier molecular flexibility index (Phi) is 4.81. The molecule has 0 aliphatic heterocycles. The van der Waals surface area contributed by atoms with Gasteiger partial charge in [0.15, 0.2) is 0 Å². The molecule has 1 N–H and O–H groups in total. The summed E-state index contributed by atoms with van der Waals surface area (Å²) in [6.45, 7) is 1.92. The number of aromatic nitrogens is 2. The van der Waals surface area contributed by atoms with Crippen molar-refractivity contribution in [3.63, 3.8) is 0 Å². The van der Waals surface area contributed by atoms with Crippen molar-refractivity contribution in [2.45, 2.75) is 13.0 Å². The van der Waals surface area contributed by atoms with E-state index in [1.54, 1.807) is 30.6 Å². The number of fused-ring (bicyclic) bond motifs is 1. The standard InChI is InChI=1S/C23H18FN3O/c1-15(17-5-4-12-25-14-17)26-23(28)20-13-22(16-8-10-18(24)11-9-16)27-21-7-3-2-6-19(20)21/h2-15H,1H3,(H,26,28). The van der Waals surface area contributed by atoms with Gasteiger partial charge in [-0.1, -0.05) is 24.3 Å². The average Bonchev–Trinajstić information content (AvgIpc) is 2.74. The topological polar surface area (TPSA) is 54.9 Å². The van der Waals surface area contributed by atoms with Gasteiger partial charge < -0.3 is 5.32 Å². The minimum atomic E-state index is -0.312. The molecule has 1 amide bonds. The first-order chi connectivity index (χ1) is 13.6. The largest absolute Gasteiger partial charge is 0.345 e. The summed E-state index contributed by atoms with van der Waals surface area (Å²) >= 11 is 0. The molecule has 0 fully saturated rings. The van der Waals surface area contributed by atoms with Gasteiger partial charge >= 0.3 is 0 Å². The van der Waals surface area contributed by atoms with Crippen LogP contribution < -0.4 is 5.32 Å². The number of halogens is 1. The monoisotopic (exact) mass is 371 g/mol. The third-order valence-corrected chi connectivity index (χ3v) is 4.63. The van der Waals surface area contributed by atoms with Crippen LogP contribution in [-0.4, -0.2) is 15.9 Å². The molecule has 4 nitrogen and oxygen atoms in total. The fraction of sp³-hybridized carbons (Fsp3) is 0.0870. The lowest BCUT2D eigenvalue weighted by atomic mass is 10.0. The van der Waals surface area contributed by atoms with Crippen LogP contribution in [0.4, 0.5) is 4.39 Å². The molecule has 0 bridgehead atoms. The summed E-state index contributed by atoms with van der Waals surface area (Å²) in [4.78, 5) is 21.8. The summed E-state index contributed by atoms with van der Waals surface area (Å²) in [5, 5.41) is 3.79. The lowest BCUT2D eigenvalue weighted by Gasteiger charge is -2.15. The third-order valence-electron chi connectivity index (χ3n) is 4.63. The van der Waals surface area contributed by atoms with E-state index in [1.165, 1.54) is 12.1 Å². The van der Waals surface area contributed by atoms with E-state index in [9.17, 15) is 9.18 Å². The lowest BCUT2D eigenvalue weighted by Crippen LogP contribution is -2.27. The summed E-state index contributed by atoms with van der Waals surface area (Å²) < 4.78 is 13.3. The minimum absolute atomic E-state index is 0.192. The molecule has 0 aliphatic rings. The zero-order chi connectivity index (χ0) is 19.5. The Labute approximate surface area is 162 Å². The van der Waals surface area contributed by atoms with Crippen molar-refractivity contribution in [3.8, 4) is 11.3 Å². The number of carbonyl (C=O) groups is 1. The Morgan fingerprint density at radius 2 is 1.82 bits per heavy atom. The molecule has 0 saturated heterocycles. The van der Waals surface area contributed by atoms with Crippen LogP contribution in [0.25, 0.3) is 22.2 Å². The van der Waals surface area contributed by atoms with E-state index in [4.69, 9.17) is 0 Å². The number of para-hydroxylation sites is 1. The van der Waals surface area contributed by atoms with E-state index in [2.05, 4.69) is 15.3 Å². The van der Waals surface area contributed by atoms with Gasteiger partial charge in [0, 0.05) is 23.3 Å². The highest BCUT2D eigenvalue weighted by Crippen LogP contribution is 2.25. The van der Waals surface area contributed by atoms with Crippen molar-refractivity contribution in [1.82, 2.24) is 15.3 Å². The van der Waals surface area contributed by atoms with Crippen molar-refractivity contribution in [1.29, 1.82) is 0 Å². The fourth-order valence-electron chi connectivity index (χ4n) is 3.12. The number of nitrogens with one attached hydrogen (secondary N) is 1. The predicted molar refractivity (Wildman–Crippen MR) is 107 cm³/mol. The van der Waals surface area contributed by atoms with Crippen LogP contribution in [0.2, 0.25) is 0 Å². The van der Waals surface area contributed by atoms with Crippen LogP contribution in [0, 0.1) is 5.82 Å². The summed E-state index contributed by atoms with van der Waals surface area (Å²) in [7, 11) is 0. The average molecular weight is 371 g/mol. The smallest absolute Gasteiger partial charge is 0.252 e. The van der Waals surface area contributed by atoms with Crippen LogP contribution >= 0.6 is 0 Å². The van der Waals surface area contributed by atoms with Gasteiger partial charge in [0.05, 0.1) is 22.8 Å². The molecule has 28 heavy (non-hydrogen) atoms. The highest BCUT2D eigenvalue weighted by molar-refractivity contribution is 6.07. The maximum Gasteiger partial charge on any atom is 0.252 e. The highest BCUT2D eigenvalue weighted by atomic mass is 19.1. The van der Waals surface area contributed by atoms with E-state index < -0.39 is 0 Å². The SMILES string of the molecule is CC(NC(=O)c1cc(-c2ccc(F)cc2)nc2ccccc12)c1cccnc1. The van der Waals surface area contributed by atoms with E-state index in [0.29, 0.717) is 16.8 Å². The van der Waals surface area contributed by atoms with E-state index in [-0.39, 0.29) is 17.8 Å². The van der Waals surface area contributed by atoms with Crippen molar-refractivity contribution in [3.05, 3.63) is 96.1 Å². The summed E-state index contributed by atoms with van der Waals surface area (Å²) in [5.41, 5.74) is 3.54. The fourth-order valence-corrected chi connectivity index (χ4v) is 3.12. The zero-order valence-electron chi connectivity index (χ0n) is 15.3. The van der Waals surface area contributed by atoms with Gasteiger partial charge in [0.1, 0.15) is 5.82 Å². The summed E-state index contributed by atoms with van der Waals surface area (Å²) in [5.74, 6) is -0.508. The van der Waals surface area contributed by atoms with Gasteiger partial charge in [-0.15, -0.1) is 0 Å². The van der Waals surface area contributed by atoms with Crippen molar-refractivity contribution in [2.24, 2.45) is 0 Å². The maximum atomic E-state index is 13.3. The molecule has 1 unspecified atom stereocenters. The molecule has 2 aromatic carbocycles. The Bertz CT molecular complexity index is 1130. The van der Waals surface area contributed by atoms with E-state index in [0.717, 1.165) is 16.5 Å². The second-order valence-corrected chi connectivity index (χ2v) is 6.56. The third kappa shape index (κ3) is 3.60. The quantitative estimate of drug-likeness (QED) is 0.554. The first kappa shape index (κ1) is 17.8. The van der Waals surface area contributed by atoms with Gasteiger partial charge in [0.2, 0.25) is 0 Å². The van der Waals surface area contributed by atoms with Crippen molar-refractivity contribution < 1.29 is 9.18 Å². The van der Waals surface area contributed by atoms with Gasteiger partial charge in [-0.05, 0) is 55.0 Å². The van der Waals surface area contributed by atoms with Crippen LogP contribution in [0.1, 0.15) is 28.9 Å². The molecule has 4 aromatic rings. The maximum absolute atomic E-state index is 13.3. The summed E-state index contributed by atoms with van der Waals surface area (Å²) in [6.07, 6.45) is 3.43. The van der Waals surface area contributed by atoms with Gasteiger partial charge in [-0.2, -0.15) is 0 Å². The predicted octanol–water partition coefficient (Wildman–Crippen LogP) is 4.93. The molecule has 4 rings (SSSR count). The molecule has 0 saturated carbocycles. The summed E-state index contributed by atoms with van der Waals surface area (Å²) in [6, 6.07) is 18.9. The van der Waals surface area contributed by atoms with Gasteiger partial charge in [0.25, 0.3) is 5.91 Å².